The molecule has 0 spiro atoms. The summed E-state index contributed by atoms with van der Waals surface area (Å²) in [7, 11) is 1.89. The first-order valence-electron chi connectivity index (χ1n) is 6.44. The second-order valence-electron chi connectivity index (χ2n) is 4.32. The van der Waals surface area contributed by atoms with Gasteiger partial charge in [-0.3, -0.25) is 0 Å². The van der Waals surface area contributed by atoms with Crippen LogP contribution < -0.4 is 0 Å². The normalized spacial score (nSPS) is 10.6. The SMILES string of the molecule is CCc1nnc(Sc2nnc(C)n2C)c(C#N)c1CC. The van der Waals surface area contributed by atoms with Gasteiger partial charge in [-0.15, -0.1) is 15.3 Å². The van der Waals surface area contributed by atoms with Gasteiger partial charge >= 0.3 is 0 Å². The van der Waals surface area contributed by atoms with Crippen molar-refractivity contribution in [3.8, 4) is 6.07 Å². The van der Waals surface area contributed by atoms with Crippen molar-refractivity contribution < 1.29 is 0 Å². The molecule has 0 N–H and O–H groups in total. The summed E-state index contributed by atoms with van der Waals surface area (Å²) >= 11 is 1.33. The highest BCUT2D eigenvalue weighted by atomic mass is 32.2. The molecule has 0 aliphatic rings. The Bertz CT molecular complexity index is 670. The highest BCUT2D eigenvalue weighted by molar-refractivity contribution is 7.99. The van der Waals surface area contributed by atoms with Crippen molar-refractivity contribution in [3.05, 3.63) is 22.6 Å². The van der Waals surface area contributed by atoms with Crippen LogP contribution in [-0.4, -0.2) is 25.0 Å². The zero-order valence-corrected chi connectivity index (χ0v) is 12.8. The van der Waals surface area contributed by atoms with Crippen molar-refractivity contribution in [2.24, 2.45) is 7.05 Å². The van der Waals surface area contributed by atoms with Crippen LogP contribution in [0.1, 0.15) is 36.5 Å². The second kappa shape index (κ2) is 6.01. The molecule has 0 aromatic carbocycles. The third-order valence-electron chi connectivity index (χ3n) is 3.17. The summed E-state index contributed by atoms with van der Waals surface area (Å²) in [5.74, 6) is 0.819. The van der Waals surface area contributed by atoms with Gasteiger partial charge in [-0.2, -0.15) is 10.4 Å². The molecule has 2 aromatic heterocycles. The maximum Gasteiger partial charge on any atom is 0.197 e. The van der Waals surface area contributed by atoms with Gasteiger partial charge in [0.15, 0.2) is 5.16 Å². The molecule has 2 aromatic rings. The van der Waals surface area contributed by atoms with Crippen molar-refractivity contribution >= 4 is 11.8 Å². The lowest BCUT2D eigenvalue weighted by atomic mass is 10.1. The fourth-order valence-corrected chi connectivity index (χ4v) is 2.78. The van der Waals surface area contributed by atoms with Gasteiger partial charge in [-0.05, 0) is 37.1 Å². The van der Waals surface area contributed by atoms with E-state index in [1.165, 1.54) is 11.8 Å². The van der Waals surface area contributed by atoms with Crippen LogP contribution in [0.2, 0.25) is 0 Å². The number of aryl methyl sites for hydroxylation is 2. The number of hydrogen-bond acceptors (Lipinski definition) is 6. The van der Waals surface area contributed by atoms with Gasteiger partial charge in [0, 0.05) is 7.05 Å². The van der Waals surface area contributed by atoms with E-state index in [-0.39, 0.29) is 0 Å². The van der Waals surface area contributed by atoms with Crippen LogP contribution in [0.15, 0.2) is 10.2 Å². The number of nitriles is 1. The summed E-state index contributed by atoms with van der Waals surface area (Å²) in [5.41, 5.74) is 2.47. The molecule has 0 saturated heterocycles. The summed E-state index contributed by atoms with van der Waals surface area (Å²) in [4.78, 5) is 0. The van der Waals surface area contributed by atoms with Gasteiger partial charge in [0.05, 0.1) is 11.3 Å². The summed E-state index contributed by atoms with van der Waals surface area (Å²) in [6.45, 7) is 5.92. The van der Waals surface area contributed by atoms with Crippen molar-refractivity contribution in [2.45, 2.75) is 43.8 Å². The van der Waals surface area contributed by atoms with E-state index in [1.807, 2.05) is 32.4 Å². The number of aromatic nitrogens is 5. The number of nitrogens with zero attached hydrogens (tertiary/aromatic N) is 6. The van der Waals surface area contributed by atoms with E-state index >= 15 is 0 Å². The zero-order chi connectivity index (χ0) is 14.7. The summed E-state index contributed by atoms with van der Waals surface area (Å²) in [5, 5.41) is 27.2. The number of hydrogen-bond donors (Lipinski definition) is 0. The van der Waals surface area contributed by atoms with Crippen LogP contribution in [0, 0.1) is 18.3 Å². The molecule has 0 fully saturated rings. The lowest BCUT2D eigenvalue weighted by Gasteiger charge is -2.09. The predicted octanol–water partition coefficient (Wildman–Crippen LogP) is 2.06. The molecule has 20 heavy (non-hydrogen) atoms. The van der Waals surface area contributed by atoms with Gasteiger partial charge in [-0.25, -0.2) is 0 Å². The first kappa shape index (κ1) is 14.5. The van der Waals surface area contributed by atoms with E-state index < -0.39 is 0 Å². The van der Waals surface area contributed by atoms with E-state index in [1.54, 1.807) is 0 Å². The lowest BCUT2D eigenvalue weighted by molar-refractivity contribution is 0.759. The minimum atomic E-state index is 0.594. The predicted molar refractivity (Wildman–Crippen MR) is 75.4 cm³/mol. The van der Waals surface area contributed by atoms with Gasteiger partial charge in [-0.1, -0.05) is 13.8 Å². The van der Waals surface area contributed by atoms with Crippen LogP contribution in [0.3, 0.4) is 0 Å². The van der Waals surface area contributed by atoms with Gasteiger partial charge < -0.3 is 4.57 Å². The Hall–Kier alpha value is -1.94. The third-order valence-corrected chi connectivity index (χ3v) is 4.18. The van der Waals surface area contributed by atoms with Crippen LogP contribution in [-0.2, 0) is 19.9 Å². The molecule has 0 unspecified atom stereocenters. The van der Waals surface area contributed by atoms with Gasteiger partial charge in [0.25, 0.3) is 0 Å². The molecule has 0 aliphatic carbocycles. The first-order valence-corrected chi connectivity index (χ1v) is 7.26. The van der Waals surface area contributed by atoms with Crippen molar-refractivity contribution in [1.29, 1.82) is 5.26 Å². The fourth-order valence-electron chi connectivity index (χ4n) is 1.90. The molecule has 0 radical (unpaired) electrons. The average molecular weight is 288 g/mol. The second-order valence-corrected chi connectivity index (χ2v) is 5.27. The summed E-state index contributed by atoms with van der Waals surface area (Å²) in [6.07, 6.45) is 1.55. The van der Waals surface area contributed by atoms with Crippen LogP contribution in [0.4, 0.5) is 0 Å². The first-order chi connectivity index (χ1) is 9.62. The van der Waals surface area contributed by atoms with E-state index in [0.717, 1.165) is 29.9 Å². The monoisotopic (exact) mass is 288 g/mol. The molecule has 2 heterocycles. The van der Waals surface area contributed by atoms with Crippen molar-refractivity contribution in [3.63, 3.8) is 0 Å². The molecular weight excluding hydrogens is 272 g/mol. The highest BCUT2D eigenvalue weighted by Crippen LogP contribution is 2.29. The molecule has 6 nitrogen and oxygen atoms in total. The Morgan fingerprint density at radius 1 is 1.15 bits per heavy atom. The Morgan fingerprint density at radius 3 is 2.40 bits per heavy atom. The van der Waals surface area contributed by atoms with Crippen LogP contribution in [0.5, 0.6) is 0 Å². The largest absolute Gasteiger partial charge is 0.309 e. The van der Waals surface area contributed by atoms with E-state index in [2.05, 4.69) is 26.5 Å². The Kier molecular flexibility index (Phi) is 4.35. The molecule has 0 atom stereocenters. The molecule has 0 saturated carbocycles. The quantitative estimate of drug-likeness (QED) is 0.856. The topological polar surface area (TPSA) is 80.3 Å². The van der Waals surface area contributed by atoms with Crippen molar-refractivity contribution in [1.82, 2.24) is 25.0 Å². The van der Waals surface area contributed by atoms with Crippen LogP contribution in [0.25, 0.3) is 0 Å². The van der Waals surface area contributed by atoms with E-state index in [0.29, 0.717) is 15.7 Å². The third kappa shape index (κ3) is 2.51. The summed E-state index contributed by atoms with van der Waals surface area (Å²) in [6, 6.07) is 2.26. The number of rotatable bonds is 4. The molecule has 0 bridgehead atoms. The van der Waals surface area contributed by atoms with Crippen molar-refractivity contribution in [2.75, 3.05) is 0 Å². The highest BCUT2D eigenvalue weighted by Gasteiger charge is 2.17. The molecular formula is C13H16N6S. The molecule has 104 valence electrons. The van der Waals surface area contributed by atoms with Gasteiger partial charge in [0.1, 0.15) is 16.9 Å². The van der Waals surface area contributed by atoms with E-state index in [9.17, 15) is 5.26 Å². The molecule has 0 aliphatic heterocycles. The molecule has 2 rings (SSSR count). The maximum atomic E-state index is 9.43. The maximum absolute atomic E-state index is 9.43. The van der Waals surface area contributed by atoms with Crippen LogP contribution >= 0.6 is 11.8 Å². The molecule has 0 amide bonds. The van der Waals surface area contributed by atoms with Gasteiger partial charge in [0.2, 0.25) is 0 Å². The lowest BCUT2D eigenvalue weighted by Crippen LogP contribution is -2.05. The summed E-state index contributed by atoms with van der Waals surface area (Å²) < 4.78 is 1.87. The smallest absolute Gasteiger partial charge is 0.197 e. The Balaban J connectivity index is 2.47. The Morgan fingerprint density at radius 2 is 1.90 bits per heavy atom. The zero-order valence-electron chi connectivity index (χ0n) is 12.0. The minimum Gasteiger partial charge on any atom is -0.309 e. The average Bonchev–Trinajstić information content (AvgIpc) is 2.78. The Labute approximate surface area is 122 Å². The van der Waals surface area contributed by atoms with E-state index in [4.69, 9.17) is 0 Å². The molecule has 7 heteroatoms. The fraction of sp³-hybridized carbons (Fsp3) is 0.462. The standard InChI is InChI=1S/C13H16N6S/c1-5-9-10(7-14)12(17-16-11(9)6-2)20-13-18-15-8(3)19(13)4/h5-6H2,1-4H3. The minimum absolute atomic E-state index is 0.594.